The number of rotatable bonds is 7. The molecule has 0 saturated heterocycles. The van der Waals surface area contributed by atoms with Crippen LogP contribution in [0.4, 0.5) is 5.13 Å². The van der Waals surface area contributed by atoms with Crippen molar-refractivity contribution in [2.75, 3.05) is 19.5 Å². The van der Waals surface area contributed by atoms with Crippen molar-refractivity contribution in [2.45, 2.75) is 22.9 Å². The summed E-state index contributed by atoms with van der Waals surface area (Å²) in [5, 5.41) is 11.5. The van der Waals surface area contributed by atoms with Gasteiger partial charge in [-0.1, -0.05) is 23.1 Å². The number of ether oxygens (including phenoxy) is 2. The van der Waals surface area contributed by atoms with Crippen LogP contribution in [0.5, 0.6) is 11.5 Å². The summed E-state index contributed by atoms with van der Waals surface area (Å²) in [6.45, 7) is 0. The zero-order chi connectivity index (χ0) is 16.2. The van der Waals surface area contributed by atoms with E-state index >= 15 is 0 Å². The normalized spacial score (nSPS) is 13.7. The number of hydrogen-bond donors (Lipinski definition) is 1. The van der Waals surface area contributed by atoms with Crippen molar-refractivity contribution in [3.8, 4) is 11.5 Å². The molecule has 122 valence electrons. The minimum Gasteiger partial charge on any atom is -0.497 e. The van der Waals surface area contributed by atoms with E-state index in [9.17, 15) is 4.79 Å². The fourth-order valence-electron chi connectivity index (χ4n) is 1.97. The second kappa shape index (κ2) is 7.18. The number of nitrogens with one attached hydrogen (secondary N) is 1. The van der Waals surface area contributed by atoms with Crippen LogP contribution in [0, 0.1) is 5.92 Å². The lowest BCUT2D eigenvalue weighted by Gasteiger charge is -2.07. The molecule has 1 aromatic carbocycles. The smallest absolute Gasteiger partial charge is 0.229 e. The second-order valence-corrected chi connectivity index (χ2v) is 7.35. The summed E-state index contributed by atoms with van der Waals surface area (Å²) in [5.41, 5.74) is 1.07. The maximum Gasteiger partial charge on any atom is 0.229 e. The second-order valence-electron chi connectivity index (χ2n) is 5.15. The van der Waals surface area contributed by atoms with Gasteiger partial charge in [-0.15, -0.1) is 10.2 Å². The summed E-state index contributed by atoms with van der Waals surface area (Å²) in [5.74, 6) is 2.46. The molecule has 1 aliphatic carbocycles. The average Bonchev–Trinajstić information content (AvgIpc) is 3.34. The third kappa shape index (κ3) is 4.35. The molecule has 6 nitrogen and oxygen atoms in total. The number of hydrogen-bond acceptors (Lipinski definition) is 7. The summed E-state index contributed by atoms with van der Waals surface area (Å²) in [4.78, 5) is 11.7. The number of anilines is 1. The van der Waals surface area contributed by atoms with Crippen LogP contribution in [-0.2, 0) is 10.5 Å². The van der Waals surface area contributed by atoms with E-state index < -0.39 is 0 Å². The number of benzene rings is 1. The van der Waals surface area contributed by atoms with E-state index in [2.05, 4.69) is 15.5 Å². The molecule has 1 aliphatic rings. The number of nitrogens with zero attached hydrogens (tertiary/aromatic N) is 2. The number of carbonyl (C=O) groups is 1. The minimum absolute atomic E-state index is 0.0511. The van der Waals surface area contributed by atoms with Gasteiger partial charge in [-0.3, -0.25) is 4.79 Å². The van der Waals surface area contributed by atoms with Crippen LogP contribution in [-0.4, -0.2) is 30.3 Å². The van der Waals surface area contributed by atoms with E-state index in [1.807, 2.05) is 18.2 Å². The van der Waals surface area contributed by atoms with E-state index in [0.29, 0.717) is 5.13 Å². The topological polar surface area (TPSA) is 73.3 Å². The zero-order valence-electron chi connectivity index (χ0n) is 12.9. The first kappa shape index (κ1) is 16.1. The minimum atomic E-state index is 0.0511. The van der Waals surface area contributed by atoms with Crippen LogP contribution in [0.25, 0.3) is 0 Å². The fraction of sp³-hybridized carbons (Fsp3) is 0.400. The number of carbonyl (C=O) groups excluding carboxylic acids is 1. The number of thioether (sulfide) groups is 1. The van der Waals surface area contributed by atoms with Crippen molar-refractivity contribution < 1.29 is 14.3 Å². The van der Waals surface area contributed by atoms with Gasteiger partial charge in [0.15, 0.2) is 4.34 Å². The van der Waals surface area contributed by atoms with Gasteiger partial charge in [0.25, 0.3) is 0 Å². The summed E-state index contributed by atoms with van der Waals surface area (Å²) >= 11 is 2.96. The Morgan fingerprint density at radius 1 is 1.26 bits per heavy atom. The molecule has 1 saturated carbocycles. The van der Waals surface area contributed by atoms with Crippen LogP contribution in [0.2, 0.25) is 0 Å². The van der Waals surface area contributed by atoms with Crippen LogP contribution >= 0.6 is 23.1 Å². The van der Waals surface area contributed by atoms with Crippen molar-refractivity contribution in [3.63, 3.8) is 0 Å². The molecule has 1 N–H and O–H groups in total. The van der Waals surface area contributed by atoms with E-state index in [-0.39, 0.29) is 11.8 Å². The highest BCUT2D eigenvalue weighted by molar-refractivity contribution is 8.00. The van der Waals surface area contributed by atoms with Gasteiger partial charge >= 0.3 is 0 Å². The van der Waals surface area contributed by atoms with Gasteiger partial charge in [-0.05, 0) is 30.5 Å². The van der Waals surface area contributed by atoms with Gasteiger partial charge in [0.1, 0.15) is 11.5 Å². The van der Waals surface area contributed by atoms with Gasteiger partial charge in [-0.2, -0.15) is 0 Å². The predicted octanol–water partition coefficient (Wildman–Crippen LogP) is 3.20. The Labute approximate surface area is 142 Å². The molecule has 1 amide bonds. The lowest BCUT2D eigenvalue weighted by molar-refractivity contribution is -0.117. The lowest BCUT2D eigenvalue weighted by atomic mass is 10.2. The van der Waals surface area contributed by atoms with Crippen molar-refractivity contribution in [3.05, 3.63) is 23.8 Å². The summed E-state index contributed by atoms with van der Waals surface area (Å²) in [6, 6.07) is 5.77. The third-order valence-corrected chi connectivity index (χ3v) is 5.40. The molecular weight excluding hydrogens is 334 g/mol. The Hall–Kier alpha value is -1.80. The third-order valence-electron chi connectivity index (χ3n) is 3.36. The molecule has 3 rings (SSSR count). The Bertz CT molecular complexity index is 679. The van der Waals surface area contributed by atoms with Crippen molar-refractivity contribution >= 4 is 34.1 Å². The van der Waals surface area contributed by atoms with Crippen molar-refractivity contribution in [2.24, 2.45) is 5.92 Å². The molecule has 0 atom stereocenters. The molecule has 0 bridgehead atoms. The zero-order valence-corrected chi connectivity index (χ0v) is 14.5. The molecule has 0 spiro atoms. The first-order chi connectivity index (χ1) is 11.2. The average molecular weight is 351 g/mol. The van der Waals surface area contributed by atoms with E-state index in [1.165, 1.54) is 11.3 Å². The maximum atomic E-state index is 11.7. The SMILES string of the molecule is COc1cc(CSc2nnc(NC(=O)C3CC3)s2)cc(OC)c1. The first-order valence-corrected chi connectivity index (χ1v) is 8.97. The molecule has 0 unspecified atom stereocenters. The Kier molecular flexibility index (Phi) is 5.02. The van der Waals surface area contributed by atoms with Crippen molar-refractivity contribution in [1.29, 1.82) is 0 Å². The standard InChI is InChI=1S/C15H17N3O3S2/c1-20-11-5-9(6-12(7-11)21-2)8-22-15-18-17-14(23-15)16-13(19)10-3-4-10/h5-7,10H,3-4,8H2,1-2H3,(H,16,17,19). The van der Waals surface area contributed by atoms with E-state index in [0.717, 1.165) is 40.0 Å². The highest BCUT2D eigenvalue weighted by Gasteiger charge is 2.30. The van der Waals surface area contributed by atoms with Gasteiger partial charge in [0.2, 0.25) is 11.0 Å². The van der Waals surface area contributed by atoms with Gasteiger partial charge in [0.05, 0.1) is 14.2 Å². The Morgan fingerprint density at radius 3 is 2.57 bits per heavy atom. The molecule has 1 heterocycles. The van der Waals surface area contributed by atoms with Crippen LogP contribution < -0.4 is 14.8 Å². The fourth-order valence-corrected chi connectivity index (χ4v) is 3.65. The quantitative estimate of drug-likeness (QED) is 0.610. The Balaban J connectivity index is 1.59. The van der Waals surface area contributed by atoms with Gasteiger partial charge in [0, 0.05) is 17.7 Å². The highest BCUT2D eigenvalue weighted by Crippen LogP contribution is 2.33. The molecule has 8 heteroatoms. The molecule has 2 aromatic rings. The van der Waals surface area contributed by atoms with Crippen molar-refractivity contribution in [1.82, 2.24) is 10.2 Å². The summed E-state index contributed by atoms with van der Waals surface area (Å²) < 4.78 is 11.3. The molecule has 1 aromatic heterocycles. The molecular formula is C15H17N3O3S2. The highest BCUT2D eigenvalue weighted by atomic mass is 32.2. The van der Waals surface area contributed by atoms with Crippen LogP contribution in [0.1, 0.15) is 18.4 Å². The number of amides is 1. The van der Waals surface area contributed by atoms with Crippen LogP contribution in [0.3, 0.4) is 0 Å². The summed E-state index contributed by atoms with van der Waals surface area (Å²) in [7, 11) is 3.26. The van der Waals surface area contributed by atoms with Gasteiger partial charge in [-0.25, -0.2) is 0 Å². The Morgan fingerprint density at radius 2 is 1.96 bits per heavy atom. The monoisotopic (exact) mass is 351 g/mol. The van der Waals surface area contributed by atoms with Crippen LogP contribution in [0.15, 0.2) is 22.5 Å². The first-order valence-electron chi connectivity index (χ1n) is 7.17. The summed E-state index contributed by atoms with van der Waals surface area (Å²) in [6.07, 6.45) is 1.95. The lowest BCUT2D eigenvalue weighted by Crippen LogP contribution is -2.12. The maximum absolute atomic E-state index is 11.7. The number of aromatic nitrogens is 2. The van der Waals surface area contributed by atoms with Gasteiger partial charge < -0.3 is 14.8 Å². The predicted molar refractivity (Wildman–Crippen MR) is 90.4 cm³/mol. The molecule has 0 radical (unpaired) electrons. The largest absolute Gasteiger partial charge is 0.497 e. The van der Waals surface area contributed by atoms with E-state index in [4.69, 9.17) is 9.47 Å². The molecule has 0 aliphatic heterocycles. The molecule has 1 fully saturated rings. The molecule has 23 heavy (non-hydrogen) atoms. The number of methoxy groups -OCH3 is 2. The van der Waals surface area contributed by atoms with E-state index in [1.54, 1.807) is 26.0 Å².